The summed E-state index contributed by atoms with van der Waals surface area (Å²) < 4.78 is 65.6. The minimum absolute atomic E-state index is 0.0214. The number of thiophene rings is 1. The number of nitrogen functional groups attached to an aromatic ring is 1. The van der Waals surface area contributed by atoms with Crippen LogP contribution in [0.5, 0.6) is 6.01 Å². The van der Waals surface area contributed by atoms with Crippen LogP contribution in [0.15, 0.2) is 18.2 Å². The van der Waals surface area contributed by atoms with Gasteiger partial charge in [0.25, 0.3) is 5.92 Å². The molecule has 1 aliphatic carbocycles. The standard InChI is InChI=1S/C36H34ClF4N7O2S/c37-23-13-20-28(27(39)26(23)19-3-4-24(38)29-25(19)21(15-42)30(43)51-29)44-33(50-18-35-5-1-9-48(35)10-2-6-35)45-31(20)46-11-7-34(8-12-46)16-47(17-34)32(49)22-14-36(22,40)41/h3-4,13,22H,1-2,5-12,14,16-18,43H2. The predicted molar refractivity (Wildman–Crippen MR) is 186 cm³/mol. The average Bonchev–Trinajstić information content (AvgIpc) is 3.40. The number of amides is 1. The van der Waals surface area contributed by atoms with E-state index in [-0.39, 0.29) is 65.7 Å². The van der Waals surface area contributed by atoms with E-state index in [1.807, 2.05) is 11.0 Å². The molecule has 9 nitrogen and oxygen atoms in total. The Morgan fingerprint density at radius 2 is 1.80 bits per heavy atom. The van der Waals surface area contributed by atoms with Gasteiger partial charge >= 0.3 is 6.01 Å². The number of nitrogens with two attached hydrogens (primary N) is 1. The van der Waals surface area contributed by atoms with Crippen LogP contribution in [-0.4, -0.2) is 83.0 Å². The third-order valence-electron chi connectivity index (χ3n) is 11.9. The van der Waals surface area contributed by atoms with Crippen molar-refractivity contribution in [3.63, 3.8) is 0 Å². The van der Waals surface area contributed by atoms with Gasteiger partial charge in [0, 0.05) is 54.4 Å². The van der Waals surface area contributed by atoms with E-state index in [0.717, 1.165) is 50.1 Å². The van der Waals surface area contributed by atoms with Crippen molar-refractivity contribution in [2.75, 3.05) is 56.5 Å². The molecule has 51 heavy (non-hydrogen) atoms. The summed E-state index contributed by atoms with van der Waals surface area (Å²) in [6, 6.07) is 6.27. The molecule has 0 bridgehead atoms. The molecule has 4 aliphatic heterocycles. The smallest absolute Gasteiger partial charge is 0.319 e. The van der Waals surface area contributed by atoms with E-state index in [2.05, 4.69) is 9.88 Å². The number of piperidine rings is 1. The molecule has 4 saturated heterocycles. The van der Waals surface area contributed by atoms with Crippen LogP contribution in [-0.2, 0) is 4.79 Å². The van der Waals surface area contributed by atoms with Crippen molar-refractivity contribution in [2.45, 2.75) is 56.4 Å². The number of hydrogen-bond acceptors (Lipinski definition) is 9. The first-order valence-corrected chi connectivity index (χ1v) is 18.5. The maximum absolute atomic E-state index is 17.0. The van der Waals surface area contributed by atoms with Crippen LogP contribution in [0.3, 0.4) is 0 Å². The highest BCUT2D eigenvalue weighted by molar-refractivity contribution is 7.23. The molecule has 9 rings (SSSR count). The number of fused-ring (bicyclic) bond motifs is 3. The Labute approximate surface area is 299 Å². The van der Waals surface area contributed by atoms with E-state index < -0.39 is 29.4 Å². The number of hydrogen-bond donors (Lipinski definition) is 1. The summed E-state index contributed by atoms with van der Waals surface area (Å²) in [5.74, 6) is -5.43. The second-order valence-corrected chi connectivity index (χ2v) is 16.4. The predicted octanol–water partition coefficient (Wildman–Crippen LogP) is 6.99. The fraction of sp³-hybridized carbons (Fsp3) is 0.500. The molecule has 2 aromatic heterocycles. The molecule has 2 aromatic carbocycles. The second-order valence-electron chi connectivity index (χ2n) is 14.9. The number of anilines is 2. The number of halogens is 5. The average molecular weight is 740 g/mol. The normalized spacial score (nSPS) is 23.1. The molecule has 1 amide bonds. The summed E-state index contributed by atoms with van der Waals surface area (Å²) in [6.45, 7) is 4.33. The molecule has 0 radical (unpaired) electrons. The van der Waals surface area contributed by atoms with Gasteiger partial charge in [-0.2, -0.15) is 15.2 Å². The van der Waals surface area contributed by atoms with Crippen molar-refractivity contribution in [3.8, 4) is 23.2 Å². The van der Waals surface area contributed by atoms with Gasteiger partial charge in [0.1, 0.15) is 40.7 Å². The van der Waals surface area contributed by atoms with Crippen molar-refractivity contribution >= 4 is 60.7 Å². The van der Waals surface area contributed by atoms with E-state index in [1.165, 1.54) is 12.1 Å². The van der Waals surface area contributed by atoms with E-state index >= 15 is 4.39 Å². The second kappa shape index (κ2) is 11.5. The highest BCUT2D eigenvalue weighted by atomic mass is 35.5. The molecular weight excluding hydrogens is 706 g/mol. The summed E-state index contributed by atoms with van der Waals surface area (Å²) in [4.78, 5) is 28.1. The monoisotopic (exact) mass is 739 g/mol. The zero-order valence-corrected chi connectivity index (χ0v) is 29.2. The Balaban J connectivity index is 1.08. The lowest BCUT2D eigenvalue weighted by molar-refractivity contribution is -0.148. The molecule has 2 N–H and O–H groups in total. The minimum Gasteiger partial charge on any atom is -0.461 e. The van der Waals surface area contributed by atoms with Gasteiger partial charge in [-0.05, 0) is 69.3 Å². The highest BCUT2D eigenvalue weighted by Crippen LogP contribution is 2.52. The largest absolute Gasteiger partial charge is 0.461 e. The summed E-state index contributed by atoms with van der Waals surface area (Å²) in [5.41, 5.74) is 6.02. The maximum Gasteiger partial charge on any atom is 0.319 e. The lowest BCUT2D eigenvalue weighted by Gasteiger charge is -2.54. The number of rotatable bonds is 6. The number of carbonyl (C=O) groups is 1. The molecule has 5 fully saturated rings. The quantitative estimate of drug-likeness (QED) is 0.211. The fourth-order valence-corrected chi connectivity index (χ4v) is 10.3. The number of ether oxygens (including phenoxy) is 1. The summed E-state index contributed by atoms with van der Waals surface area (Å²) in [7, 11) is 0. The molecule has 15 heteroatoms. The van der Waals surface area contributed by atoms with Crippen molar-refractivity contribution in [1.82, 2.24) is 19.8 Å². The van der Waals surface area contributed by atoms with Gasteiger partial charge in [-0.25, -0.2) is 17.6 Å². The first-order chi connectivity index (χ1) is 24.4. The van der Waals surface area contributed by atoms with Crippen LogP contribution in [0.2, 0.25) is 5.02 Å². The molecule has 5 aliphatic rings. The van der Waals surface area contributed by atoms with Crippen molar-refractivity contribution in [3.05, 3.63) is 40.4 Å². The van der Waals surface area contributed by atoms with Crippen LogP contribution in [0, 0.1) is 34.3 Å². The highest BCUT2D eigenvalue weighted by Gasteiger charge is 2.64. The maximum atomic E-state index is 17.0. The van der Waals surface area contributed by atoms with E-state index in [0.29, 0.717) is 56.8 Å². The van der Waals surface area contributed by atoms with Crippen molar-refractivity contribution < 1.29 is 27.1 Å². The molecule has 1 unspecified atom stereocenters. The molecular formula is C36H34ClF4N7O2S. The third-order valence-corrected chi connectivity index (χ3v) is 13.3. The minimum atomic E-state index is -2.89. The molecule has 6 heterocycles. The van der Waals surface area contributed by atoms with Gasteiger partial charge in [0.05, 0.1) is 20.8 Å². The summed E-state index contributed by atoms with van der Waals surface area (Å²) in [5, 5.41) is 10.6. The van der Waals surface area contributed by atoms with E-state index in [1.54, 1.807) is 11.0 Å². The molecule has 4 aromatic rings. The first-order valence-electron chi connectivity index (χ1n) is 17.3. The van der Waals surface area contributed by atoms with Gasteiger partial charge in [-0.3, -0.25) is 9.69 Å². The Hall–Kier alpha value is -3.93. The lowest BCUT2D eigenvalue weighted by Crippen LogP contribution is -2.62. The SMILES string of the molecule is N#Cc1c(N)sc2c(F)ccc(-c3c(Cl)cc4c(N5CCC6(CC5)CN(C(=O)C5CC5(F)F)C6)nc(OCC56CCCN5CCC6)nc4c3F)c12. The van der Waals surface area contributed by atoms with Crippen LogP contribution in [0.4, 0.5) is 28.4 Å². The Kier molecular flexibility index (Phi) is 7.45. The van der Waals surface area contributed by atoms with Gasteiger partial charge in [-0.1, -0.05) is 17.7 Å². The lowest BCUT2D eigenvalue weighted by atomic mass is 9.71. The Morgan fingerprint density at radius 1 is 1.10 bits per heavy atom. The van der Waals surface area contributed by atoms with Gasteiger partial charge in [0.2, 0.25) is 5.91 Å². The Morgan fingerprint density at radius 3 is 2.47 bits per heavy atom. The molecule has 1 spiro atoms. The number of nitriles is 1. The molecule has 266 valence electrons. The van der Waals surface area contributed by atoms with Crippen molar-refractivity contribution in [2.24, 2.45) is 11.3 Å². The number of carbonyl (C=O) groups excluding carboxylic acids is 1. The Bertz CT molecular complexity index is 2160. The van der Waals surface area contributed by atoms with Gasteiger partial charge < -0.3 is 20.3 Å². The molecule has 1 saturated carbocycles. The summed E-state index contributed by atoms with van der Waals surface area (Å²) >= 11 is 7.79. The fourth-order valence-electron chi connectivity index (χ4n) is 9.01. The zero-order chi connectivity index (χ0) is 35.4. The molecule has 1 atom stereocenters. The van der Waals surface area contributed by atoms with E-state index in [9.17, 15) is 23.2 Å². The van der Waals surface area contributed by atoms with Crippen LogP contribution in [0.1, 0.15) is 50.5 Å². The number of nitrogens with zero attached hydrogens (tertiary/aromatic N) is 6. The first kappa shape index (κ1) is 32.9. The zero-order valence-electron chi connectivity index (χ0n) is 27.6. The van der Waals surface area contributed by atoms with Crippen LogP contribution < -0.4 is 15.4 Å². The number of aromatic nitrogens is 2. The van der Waals surface area contributed by atoms with Crippen molar-refractivity contribution in [1.29, 1.82) is 5.26 Å². The topological polar surface area (TPSA) is 112 Å². The number of benzene rings is 2. The summed E-state index contributed by atoms with van der Waals surface area (Å²) in [6.07, 6.45) is 5.16. The number of likely N-dealkylation sites (tertiary alicyclic amines) is 1. The number of alkyl halides is 2. The van der Waals surface area contributed by atoms with Crippen LogP contribution in [0.25, 0.3) is 32.1 Å². The van der Waals surface area contributed by atoms with Gasteiger partial charge in [0.15, 0.2) is 5.82 Å². The van der Waals surface area contributed by atoms with E-state index in [4.69, 9.17) is 27.1 Å². The van der Waals surface area contributed by atoms with Crippen LogP contribution >= 0.6 is 22.9 Å². The third kappa shape index (κ3) is 5.13. The van der Waals surface area contributed by atoms with Gasteiger partial charge in [-0.15, -0.1) is 11.3 Å².